The summed E-state index contributed by atoms with van der Waals surface area (Å²) in [5, 5.41) is 0. The molecule has 0 unspecified atom stereocenters. The lowest BCUT2D eigenvalue weighted by Crippen LogP contribution is -2.58. The number of anilines is 1. The first-order valence-corrected chi connectivity index (χ1v) is 9.56. The molecule has 0 saturated carbocycles. The highest BCUT2D eigenvalue weighted by Gasteiger charge is 2.33. The Balaban J connectivity index is 1.83. The van der Waals surface area contributed by atoms with Crippen molar-refractivity contribution in [2.45, 2.75) is 32.2 Å². The van der Waals surface area contributed by atoms with Crippen molar-refractivity contribution in [3.05, 3.63) is 54.6 Å². The molecule has 3 rings (SSSR count). The third-order valence-electron chi connectivity index (χ3n) is 5.06. The van der Waals surface area contributed by atoms with E-state index < -0.39 is 0 Å². The molecule has 5 nitrogen and oxygen atoms in total. The average Bonchev–Trinajstić information content (AvgIpc) is 2.68. The Morgan fingerprint density at radius 3 is 2.56 bits per heavy atom. The third kappa shape index (κ3) is 4.74. The van der Waals surface area contributed by atoms with E-state index in [2.05, 4.69) is 31.2 Å². The molecular weight excluding hydrogens is 338 g/mol. The van der Waals surface area contributed by atoms with Crippen molar-refractivity contribution in [1.82, 2.24) is 4.90 Å². The predicted molar refractivity (Wildman–Crippen MR) is 108 cm³/mol. The summed E-state index contributed by atoms with van der Waals surface area (Å²) in [6.07, 6.45) is 3.09. The number of amides is 2. The number of nitrogens with two attached hydrogens (primary N) is 1. The fourth-order valence-corrected chi connectivity index (χ4v) is 3.65. The highest BCUT2D eigenvalue weighted by Crippen LogP contribution is 2.27. The Kier molecular flexibility index (Phi) is 6.24. The van der Waals surface area contributed by atoms with E-state index in [0.29, 0.717) is 6.54 Å². The number of benzene rings is 2. The molecule has 0 aliphatic carbocycles. The smallest absolute Gasteiger partial charge is 0.241 e. The van der Waals surface area contributed by atoms with Crippen molar-refractivity contribution in [3.63, 3.8) is 0 Å². The van der Waals surface area contributed by atoms with Crippen LogP contribution in [-0.4, -0.2) is 42.4 Å². The quantitative estimate of drug-likeness (QED) is 0.820. The lowest BCUT2D eigenvalue weighted by atomic mass is 10.0. The maximum atomic E-state index is 12.8. The van der Waals surface area contributed by atoms with Gasteiger partial charge in [-0.3, -0.25) is 14.5 Å². The standard InChI is InChI=1S/C22H27N3O2/c1-2-3-11-20-14-25(22(27)16-24(20)15-21(23)26)19-12-7-10-18(13-19)17-8-5-4-6-9-17/h4-10,12-13,20H,2-3,11,14-16H2,1H3,(H2,23,26)/t20-/m1/s1. The van der Waals surface area contributed by atoms with Gasteiger partial charge in [0.15, 0.2) is 0 Å². The number of nitrogens with zero attached hydrogens (tertiary/aromatic N) is 2. The summed E-state index contributed by atoms with van der Waals surface area (Å²) in [6, 6.07) is 18.4. The van der Waals surface area contributed by atoms with Crippen molar-refractivity contribution in [2.24, 2.45) is 5.73 Å². The highest BCUT2D eigenvalue weighted by molar-refractivity contribution is 5.96. The third-order valence-corrected chi connectivity index (χ3v) is 5.06. The second kappa shape index (κ2) is 8.82. The molecule has 1 aliphatic rings. The van der Waals surface area contributed by atoms with Gasteiger partial charge in [-0.25, -0.2) is 0 Å². The van der Waals surface area contributed by atoms with Crippen LogP contribution >= 0.6 is 0 Å². The molecule has 2 N–H and O–H groups in total. The van der Waals surface area contributed by atoms with E-state index in [-0.39, 0.29) is 30.9 Å². The minimum Gasteiger partial charge on any atom is -0.369 e. The summed E-state index contributed by atoms with van der Waals surface area (Å²) >= 11 is 0. The highest BCUT2D eigenvalue weighted by atomic mass is 16.2. The van der Waals surface area contributed by atoms with Crippen LogP contribution in [0.25, 0.3) is 11.1 Å². The van der Waals surface area contributed by atoms with Crippen molar-refractivity contribution < 1.29 is 9.59 Å². The van der Waals surface area contributed by atoms with E-state index in [4.69, 9.17) is 5.73 Å². The van der Waals surface area contributed by atoms with Gasteiger partial charge in [0, 0.05) is 18.3 Å². The topological polar surface area (TPSA) is 66.6 Å². The van der Waals surface area contributed by atoms with Gasteiger partial charge in [0.1, 0.15) is 0 Å². The maximum Gasteiger partial charge on any atom is 0.241 e. The number of piperazine rings is 1. The summed E-state index contributed by atoms with van der Waals surface area (Å²) in [4.78, 5) is 28.0. The molecule has 0 aromatic heterocycles. The number of carbonyl (C=O) groups excluding carboxylic acids is 2. The van der Waals surface area contributed by atoms with E-state index >= 15 is 0 Å². The Morgan fingerprint density at radius 1 is 1.11 bits per heavy atom. The second-order valence-corrected chi connectivity index (χ2v) is 7.09. The van der Waals surface area contributed by atoms with Gasteiger partial charge in [-0.1, -0.05) is 62.2 Å². The SMILES string of the molecule is CCCC[C@@H]1CN(c2cccc(-c3ccccc3)c2)C(=O)CN1CC(N)=O. The van der Waals surface area contributed by atoms with E-state index in [9.17, 15) is 9.59 Å². The average molecular weight is 365 g/mol. The van der Waals surface area contributed by atoms with Crippen LogP contribution in [0, 0.1) is 0 Å². The van der Waals surface area contributed by atoms with Gasteiger partial charge < -0.3 is 10.6 Å². The van der Waals surface area contributed by atoms with Crippen molar-refractivity contribution >= 4 is 17.5 Å². The summed E-state index contributed by atoms with van der Waals surface area (Å²) in [5.74, 6) is -0.377. The predicted octanol–water partition coefficient (Wildman–Crippen LogP) is 3.05. The molecule has 5 heteroatoms. The molecule has 1 fully saturated rings. The van der Waals surface area contributed by atoms with Crippen LogP contribution in [0.2, 0.25) is 0 Å². The monoisotopic (exact) mass is 365 g/mol. The molecule has 1 aliphatic heterocycles. The number of carbonyl (C=O) groups is 2. The van der Waals surface area contributed by atoms with Crippen LogP contribution in [0.4, 0.5) is 5.69 Å². The summed E-state index contributed by atoms with van der Waals surface area (Å²) in [6.45, 7) is 3.10. The number of unbranched alkanes of at least 4 members (excludes halogenated alkanes) is 1. The number of primary amides is 1. The molecule has 2 aromatic rings. The molecule has 142 valence electrons. The molecule has 0 radical (unpaired) electrons. The second-order valence-electron chi connectivity index (χ2n) is 7.09. The maximum absolute atomic E-state index is 12.8. The van der Waals surface area contributed by atoms with Crippen LogP contribution in [0.1, 0.15) is 26.2 Å². The number of hydrogen-bond donors (Lipinski definition) is 1. The molecule has 27 heavy (non-hydrogen) atoms. The zero-order valence-electron chi connectivity index (χ0n) is 15.8. The molecule has 0 bridgehead atoms. The minimum atomic E-state index is -0.385. The molecule has 2 amide bonds. The van der Waals surface area contributed by atoms with Crippen LogP contribution < -0.4 is 10.6 Å². The molecule has 1 heterocycles. The molecule has 0 spiro atoms. The van der Waals surface area contributed by atoms with Crippen LogP contribution in [-0.2, 0) is 9.59 Å². The van der Waals surface area contributed by atoms with Gasteiger partial charge >= 0.3 is 0 Å². The Hall–Kier alpha value is -2.66. The zero-order valence-corrected chi connectivity index (χ0v) is 15.8. The van der Waals surface area contributed by atoms with Crippen LogP contribution in [0.15, 0.2) is 54.6 Å². The summed E-state index contributed by atoms with van der Waals surface area (Å²) in [7, 11) is 0. The van der Waals surface area contributed by atoms with E-state index in [1.807, 2.05) is 40.1 Å². The lowest BCUT2D eigenvalue weighted by molar-refractivity contribution is -0.125. The van der Waals surface area contributed by atoms with Crippen molar-refractivity contribution in [3.8, 4) is 11.1 Å². The first-order valence-electron chi connectivity index (χ1n) is 9.56. The first kappa shape index (κ1) is 19.1. The Morgan fingerprint density at radius 2 is 1.85 bits per heavy atom. The van der Waals surface area contributed by atoms with Gasteiger partial charge in [0.25, 0.3) is 0 Å². The minimum absolute atomic E-state index is 0.00853. The van der Waals surface area contributed by atoms with Gasteiger partial charge in [0.2, 0.25) is 11.8 Å². The summed E-state index contributed by atoms with van der Waals surface area (Å²) in [5.41, 5.74) is 8.50. The summed E-state index contributed by atoms with van der Waals surface area (Å²) < 4.78 is 0. The largest absolute Gasteiger partial charge is 0.369 e. The fraction of sp³-hybridized carbons (Fsp3) is 0.364. The fourth-order valence-electron chi connectivity index (χ4n) is 3.65. The van der Waals surface area contributed by atoms with E-state index in [1.165, 1.54) is 0 Å². The molecule has 2 aromatic carbocycles. The van der Waals surface area contributed by atoms with Crippen molar-refractivity contribution in [1.29, 1.82) is 0 Å². The zero-order chi connectivity index (χ0) is 19.2. The van der Waals surface area contributed by atoms with Gasteiger partial charge in [-0.05, 0) is 29.7 Å². The van der Waals surface area contributed by atoms with Gasteiger partial charge in [-0.15, -0.1) is 0 Å². The first-order chi connectivity index (χ1) is 13.1. The van der Waals surface area contributed by atoms with Crippen LogP contribution in [0.3, 0.4) is 0 Å². The van der Waals surface area contributed by atoms with Gasteiger partial charge in [-0.2, -0.15) is 0 Å². The Labute approximate surface area is 160 Å². The van der Waals surface area contributed by atoms with Crippen LogP contribution in [0.5, 0.6) is 0 Å². The van der Waals surface area contributed by atoms with E-state index in [0.717, 1.165) is 36.1 Å². The molecule has 1 atom stereocenters. The molecule has 1 saturated heterocycles. The van der Waals surface area contributed by atoms with Crippen molar-refractivity contribution in [2.75, 3.05) is 24.5 Å². The number of rotatable bonds is 7. The lowest BCUT2D eigenvalue weighted by Gasteiger charge is -2.40. The molecular formula is C22H27N3O2. The Bertz CT molecular complexity index is 791. The van der Waals surface area contributed by atoms with Gasteiger partial charge in [0.05, 0.1) is 13.1 Å². The normalized spacial score (nSPS) is 17.9. The van der Waals surface area contributed by atoms with E-state index in [1.54, 1.807) is 0 Å². The number of hydrogen-bond acceptors (Lipinski definition) is 3.